The summed E-state index contributed by atoms with van der Waals surface area (Å²) in [5, 5.41) is 4.22. The average molecular weight is 395 g/mol. The van der Waals surface area contributed by atoms with E-state index in [9.17, 15) is 8.42 Å². The van der Waals surface area contributed by atoms with E-state index >= 15 is 0 Å². The van der Waals surface area contributed by atoms with Gasteiger partial charge in [0.25, 0.3) is 0 Å². The molecule has 7 nitrogen and oxygen atoms in total. The van der Waals surface area contributed by atoms with Crippen LogP contribution in [0, 0.1) is 13.8 Å². The van der Waals surface area contributed by atoms with Crippen molar-refractivity contribution >= 4 is 10.0 Å². The molecule has 0 aliphatic rings. The van der Waals surface area contributed by atoms with E-state index in [2.05, 4.69) is 28.6 Å². The number of hydrogen-bond donors (Lipinski definition) is 1. The first kappa shape index (κ1) is 21.4. The number of nitrogens with zero attached hydrogens (tertiary/aromatic N) is 3. The number of likely N-dealkylation sites (N-methyl/N-ethyl adjacent to an activating group) is 1. The molecule has 1 aromatic heterocycles. The summed E-state index contributed by atoms with van der Waals surface area (Å²) < 4.78 is 35.6. The molecule has 0 amide bonds. The van der Waals surface area contributed by atoms with Gasteiger partial charge in [0.15, 0.2) is 0 Å². The minimum absolute atomic E-state index is 0.0952. The Balaban J connectivity index is 2.32. The van der Waals surface area contributed by atoms with Gasteiger partial charge in [0.1, 0.15) is 10.6 Å². The molecule has 0 saturated carbocycles. The summed E-state index contributed by atoms with van der Waals surface area (Å²) in [6.07, 6.45) is 0. The largest absolute Gasteiger partial charge is 0.497 e. The minimum Gasteiger partial charge on any atom is -0.497 e. The van der Waals surface area contributed by atoms with Gasteiger partial charge in [0.2, 0.25) is 10.0 Å². The third kappa shape index (κ3) is 4.69. The first-order chi connectivity index (χ1) is 12.7. The van der Waals surface area contributed by atoms with E-state index in [1.165, 1.54) is 0 Å². The number of methoxy groups -OCH3 is 1. The van der Waals surface area contributed by atoms with E-state index in [0.29, 0.717) is 11.4 Å². The quantitative estimate of drug-likeness (QED) is 0.707. The number of sulfonamides is 1. The predicted molar refractivity (Wildman–Crippen MR) is 107 cm³/mol. The van der Waals surface area contributed by atoms with Crippen LogP contribution in [0.2, 0.25) is 0 Å². The lowest BCUT2D eigenvalue weighted by molar-refractivity contribution is 0.219. The first-order valence-corrected chi connectivity index (χ1v) is 10.6. The zero-order valence-electron chi connectivity index (χ0n) is 17.0. The molecule has 8 heteroatoms. The normalized spacial score (nSPS) is 13.1. The Bertz CT molecular complexity index is 873. The van der Waals surface area contributed by atoms with E-state index in [1.807, 2.05) is 24.3 Å². The van der Waals surface area contributed by atoms with Crippen LogP contribution in [-0.4, -0.2) is 49.8 Å². The van der Waals surface area contributed by atoms with Crippen molar-refractivity contribution in [1.82, 2.24) is 19.4 Å². The third-order valence-corrected chi connectivity index (χ3v) is 6.58. The molecule has 0 saturated heterocycles. The lowest BCUT2D eigenvalue weighted by atomic mass is 10.0. The monoisotopic (exact) mass is 394 g/mol. The lowest BCUT2D eigenvalue weighted by Crippen LogP contribution is -2.38. The number of rotatable bonds is 9. The van der Waals surface area contributed by atoms with Crippen molar-refractivity contribution < 1.29 is 13.2 Å². The van der Waals surface area contributed by atoms with Crippen LogP contribution >= 0.6 is 0 Å². The molecule has 1 unspecified atom stereocenters. The molecule has 1 heterocycles. The number of aryl methyl sites for hydroxylation is 2. The fourth-order valence-corrected chi connectivity index (χ4v) is 4.85. The second-order valence-corrected chi connectivity index (χ2v) is 8.19. The maximum absolute atomic E-state index is 12.9. The minimum atomic E-state index is -3.66. The highest BCUT2D eigenvalue weighted by atomic mass is 32.2. The Morgan fingerprint density at radius 2 is 1.93 bits per heavy atom. The second kappa shape index (κ2) is 8.86. The molecule has 27 heavy (non-hydrogen) atoms. The summed E-state index contributed by atoms with van der Waals surface area (Å²) in [5.74, 6) is 0.756. The van der Waals surface area contributed by atoms with E-state index in [1.54, 1.807) is 32.7 Å². The summed E-state index contributed by atoms with van der Waals surface area (Å²) in [7, 11) is -0.287. The molecule has 0 bridgehead atoms. The van der Waals surface area contributed by atoms with Crippen LogP contribution in [-0.2, 0) is 17.1 Å². The van der Waals surface area contributed by atoms with Gasteiger partial charge in [-0.1, -0.05) is 26.0 Å². The summed E-state index contributed by atoms with van der Waals surface area (Å²) in [5.41, 5.74) is 2.14. The Morgan fingerprint density at radius 1 is 1.26 bits per heavy atom. The summed E-state index contributed by atoms with van der Waals surface area (Å²) >= 11 is 0. The molecule has 0 aliphatic carbocycles. The molecule has 0 spiro atoms. The van der Waals surface area contributed by atoms with Gasteiger partial charge in [-0.15, -0.1) is 0 Å². The Hall–Kier alpha value is -1.90. The molecular weight excluding hydrogens is 364 g/mol. The Kier molecular flexibility index (Phi) is 7.02. The number of benzene rings is 1. The van der Waals surface area contributed by atoms with Crippen molar-refractivity contribution in [2.75, 3.05) is 26.7 Å². The molecular formula is C19H30N4O3S. The highest BCUT2D eigenvalue weighted by Crippen LogP contribution is 2.25. The SMILES string of the molecule is CCN(CC)C(CNS(=O)(=O)c1c(C)nn(C)c1C)c1cccc(OC)c1. The fraction of sp³-hybridized carbons (Fsp3) is 0.526. The third-order valence-electron chi connectivity index (χ3n) is 4.91. The lowest BCUT2D eigenvalue weighted by Gasteiger charge is -2.30. The zero-order chi connectivity index (χ0) is 20.2. The van der Waals surface area contributed by atoms with Gasteiger partial charge in [-0.2, -0.15) is 5.10 Å². The van der Waals surface area contributed by atoms with E-state index < -0.39 is 10.0 Å². The topological polar surface area (TPSA) is 76.5 Å². The molecule has 1 N–H and O–H groups in total. The van der Waals surface area contributed by atoms with Crippen molar-refractivity contribution in [2.45, 2.75) is 38.6 Å². The van der Waals surface area contributed by atoms with Crippen LogP contribution in [0.25, 0.3) is 0 Å². The van der Waals surface area contributed by atoms with Crippen molar-refractivity contribution in [2.24, 2.45) is 7.05 Å². The van der Waals surface area contributed by atoms with Crippen LogP contribution in [0.3, 0.4) is 0 Å². The molecule has 1 atom stereocenters. The highest BCUT2D eigenvalue weighted by molar-refractivity contribution is 7.89. The van der Waals surface area contributed by atoms with Gasteiger partial charge in [-0.3, -0.25) is 9.58 Å². The number of hydrogen-bond acceptors (Lipinski definition) is 5. The Labute approximate surface area is 162 Å². The van der Waals surface area contributed by atoms with Crippen LogP contribution in [0.4, 0.5) is 0 Å². The molecule has 0 radical (unpaired) electrons. The van der Waals surface area contributed by atoms with Gasteiger partial charge >= 0.3 is 0 Å². The number of aromatic nitrogens is 2. The fourth-order valence-electron chi connectivity index (χ4n) is 3.37. The smallest absolute Gasteiger partial charge is 0.244 e. The average Bonchev–Trinajstić information content (AvgIpc) is 2.91. The van der Waals surface area contributed by atoms with Gasteiger partial charge in [-0.05, 0) is 44.6 Å². The Morgan fingerprint density at radius 3 is 2.44 bits per heavy atom. The van der Waals surface area contributed by atoms with Gasteiger partial charge in [-0.25, -0.2) is 13.1 Å². The van der Waals surface area contributed by atoms with Gasteiger partial charge < -0.3 is 4.74 Å². The molecule has 2 aromatic rings. The van der Waals surface area contributed by atoms with Crippen LogP contribution in [0.5, 0.6) is 5.75 Å². The highest BCUT2D eigenvalue weighted by Gasteiger charge is 2.26. The zero-order valence-corrected chi connectivity index (χ0v) is 17.8. The maximum Gasteiger partial charge on any atom is 0.244 e. The summed E-state index contributed by atoms with van der Waals surface area (Å²) in [4.78, 5) is 2.48. The van der Waals surface area contributed by atoms with E-state index in [0.717, 1.165) is 24.4 Å². The van der Waals surface area contributed by atoms with Crippen LogP contribution in [0.1, 0.15) is 36.8 Å². The summed E-state index contributed by atoms with van der Waals surface area (Å²) in [6.45, 7) is 9.51. The molecule has 0 aliphatic heterocycles. The van der Waals surface area contributed by atoms with Crippen LogP contribution < -0.4 is 9.46 Å². The molecule has 2 rings (SSSR count). The molecule has 0 fully saturated rings. The molecule has 150 valence electrons. The van der Waals surface area contributed by atoms with E-state index in [-0.39, 0.29) is 17.5 Å². The van der Waals surface area contributed by atoms with Gasteiger partial charge in [0.05, 0.1) is 18.5 Å². The van der Waals surface area contributed by atoms with E-state index in [4.69, 9.17) is 4.74 Å². The second-order valence-electron chi connectivity index (χ2n) is 6.49. The maximum atomic E-state index is 12.9. The molecule has 1 aromatic carbocycles. The van der Waals surface area contributed by atoms with Crippen molar-refractivity contribution in [1.29, 1.82) is 0 Å². The van der Waals surface area contributed by atoms with Crippen molar-refractivity contribution in [3.63, 3.8) is 0 Å². The first-order valence-electron chi connectivity index (χ1n) is 9.13. The van der Waals surface area contributed by atoms with Gasteiger partial charge in [0, 0.05) is 19.6 Å². The number of ether oxygens (including phenoxy) is 1. The summed E-state index contributed by atoms with van der Waals surface area (Å²) in [6, 6.07) is 7.67. The standard InChI is InChI=1S/C19H30N4O3S/c1-7-23(8-2)18(16-10-9-11-17(12-16)26-6)13-20-27(24,25)19-14(3)21-22(5)15(19)4/h9-12,18,20H,7-8,13H2,1-6H3. The predicted octanol–water partition coefficient (Wildman–Crippen LogP) is 2.41. The van der Waals surface area contributed by atoms with Crippen molar-refractivity contribution in [3.8, 4) is 5.75 Å². The van der Waals surface area contributed by atoms with Crippen LogP contribution in [0.15, 0.2) is 29.2 Å². The van der Waals surface area contributed by atoms with Crippen molar-refractivity contribution in [3.05, 3.63) is 41.2 Å². The number of nitrogens with one attached hydrogen (secondary N) is 1.